The molecule has 2 N–H and O–H groups in total. The molecule has 1 aromatic carbocycles. The SMILES string of the molecule is COc1ccc(CNC(=O)c2c[nH]c(=O)n(CC3CCCO3)c2=O)cc1. The number of hydrogen-bond donors (Lipinski definition) is 2. The van der Waals surface area contributed by atoms with E-state index < -0.39 is 17.2 Å². The number of carbonyl (C=O) groups is 1. The quantitative estimate of drug-likeness (QED) is 0.789. The Kier molecular flexibility index (Phi) is 5.52. The maximum absolute atomic E-state index is 12.5. The van der Waals surface area contributed by atoms with Crippen molar-refractivity contribution in [3.8, 4) is 5.75 Å². The van der Waals surface area contributed by atoms with Crippen LogP contribution in [0.4, 0.5) is 0 Å². The monoisotopic (exact) mass is 359 g/mol. The summed E-state index contributed by atoms with van der Waals surface area (Å²) in [5.74, 6) is 0.181. The second kappa shape index (κ2) is 8.01. The lowest BCUT2D eigenvalue weighted by atomic mass is 10.2. The van der Waals surface area contributed by atoms with E-state index in [-0.39, 0.29) is 24.8 Å². The number of H-pyrrole nitrogens is 1. The number of ether oxygens (including phenoxy) is 2. The van der Waals surface area contributed by atoms with Gasteiger partial charge in [-0.15, -0.1) is 0 Å². The first-order chi connectivity index (χ1) is 12.6. The van der Waals surface area contributed by atoms with E-state index in [2.05, 4.69) is 10.3 Å². The van der Waals surface area contributed by atoms with Crippen LogP contribution in [0, 0.1) is 0 Å². The lowest BCUT2D eigenvalue weighted by molar-refractivity contribution is 0.0921. The molecule has 1 unspecified atom stereocenters. The molecule has 2 heterocycles. The molecule has 1 aromatic heterocycles. The summed E-state index contributed by atoms with van der Waals surface area (Å²) in [4.78, 5) is 39.3. The summed E-state index contributed by atoms with van der Waals surface area (Å²) in [6.45, 7) is 1.03. The molecule has 0 saturated carbocycles. The Bertz CT molecular complexity index is 879. The molecule has 1 fully saturated rings. The topological polar surface area (TPSA) is 102 Å². The molecule has 138 valence electrons. The van der Waals surface area contributed by atoms with Crippen LogP contribution in [0.15, 0.2) is 40.1 Å². The van der Waals surface area contributed by atoms with E-state index in [0.29, 0.717) is 6.61 Å². The zero-order valence-corrected chi connectivity index (χ0v) is 14.5. The number of benzene rings is 1. The number of amides is 1. The lowest BCUT2D eigenvalue weighted by Crippen LogP contribution is -2.42. The molecule has 0 bridgehead atoms. The number of aromatic nitrogens is 2. The molecule has 1 amide bonds. The molecule has 1 aliphatic heterocycles. The summed E-state index contributed by atoms with van der Waals surface area (Å²) < 4.78 is 11.6. The lowest BCUT2D eigenvalue weighted by Gasteiger charge is -2.12. The molecular formula is C18H21N3O5. The van der Waals surface area contributed by atoms with Crippen LogP contribution in [0.1, 0.15) is 28.8 Å². The minimum absolute atomic E-state index is 0.101. The average Bonchev–Trinajstić information content (AvgIpc) is 3.17. The smallest absolute Gasteiger partial charge is 0.328 e. The maximum atomic E-state index is 12.5. The van der Waals surface area contributed by atoms with E-state index in [4.69, 9.17) is 9.47 Å². The largest absolute Gasteiger partial charge is 0.497 e. The van der Waals surface area contributed by atoms with Crippen LogP contribution in [-0.4, -0.2) is 35.3 Å². The predicted molar refractivity (Wildman–Crippen MR) is 94.5 cm³/mol. The van der Waals surface area contributed by atoms with Gasteiger partial charge in [-0.1, -0.05) is 12.1 Å². The first-order valence-electron chi connectivity index (χ1n) is 8.43. The van der Waals surface area contributed by atoms with Crippen LogP contribution in [0.3, 0.4) is 0 Å². The van der Waals surface area contributed by atoms with E-state index in [1.54, 1.807) is 19.2 Å². The van der Waals surface area contributed by atoms with Crippen molar-refractivity contribution in [3.63, 3.8) is 0 Å². The first-order valence-corrected chi connectivity index (χ1v) is 8.43. The molecule has 1 aliphatic rings. The normalized spacial score (nSPS) is 16.4. The predicted octanol–water partition coefficient (Wildman–Crippen LogP) is 0.654. The molecule has 26 heavy (non-hydrogen) atoms. The van der Waals surface area contributed by atoms with Gasteiger partial charge in [0, 0.05) is 19.3 Å². The molecule has 1 saturated heterocycles. The Labute approximate surface area is 149 Å². The number of methoxy groups -OCH3 is 1. The van der Waals surface area contributed by atoms with Crippen molar-refractivity contribution in [1.29, 1.82) is 0 Å². The van der Waals surface area contributed by atoms with Gasteiger partial charge in [-0.2, -0.15) is 0 Å². The Morgan fingerprint density at radius 2 is 2.12 bits per heavy atom. The minimum atomic E-state index is -0.614. The molecule has 8 nitrogen and oxygen atoms in total. The molecule has 3 rings (SSSR count). The van der Waals surface area contributed by atoms with Crippen molar-refractivity contribution >= 4 is 5.91 Å². The fourth-order valence-electron chi connectivity index (χ4n) is 2.85. The van der Waals surface area contributed by atoms with Gasteiger partial charge in [0.25, 0.3) is 11.5 Å². The van der Waals surface area contributed by atoms with Crippen molar-refractivity contribution in [2.45, 2.75) is 32.0 Å². The average molecular weight is 359 g/mol. The number of hydrogen-bond acceptors (Lipinski definition) is 5. The van der Waals surface area contributed by atoms with Gasteiger partial charge in [0.1, 0.15) is 11.3 Å². The van der Waals surface area contributed by atoms with E-state index in [1.807, 2.05) is 12.1 Å². The van der Waals surface area contributed by atoms with Crippen LogP contribution >= 0.6 is 0 Å². The van der Waals surface area contributed by atoms with Crippen molar-refractivity contribution in [3.05, 3.63) is 62.4 Å². The Morgan fingerprint density at radius 1 is 1.35 bits per heavy atom. The molecular weight excluding hydrogens is 338 g/mol. The van der Waals surface area contributed by atoms with Crippen molar-refractivity contribution in [2.75, 3.05) is 13.7 Å². The fourth-order valence-corrected chi connectivity index (χ4v) is 2.85. The molecule has 2 aromatic rings. The van der Waals surface area contributed by atoms with Crippen LogP contribution in [0.2, 0.25) is 0 Å². The van der Waals surface area contributed by atoms with E-state index in [1.165, 1.54) is 0 Å². The summed E-state index contributed by atoms with van der Waals surface area (Å²) in [5, 5.41) is 2.69. The van der Waals surface area contributed by atoms with Crippen LogP contribution < -0.4 is 21.3 Å². The zero-order valence-electron chi connectivity index (χ0n) is 14.5. The second-order valence-electron chi connectivity index (χ2n) is 6.09. The third-order valence-corrected chi connectivity index (χ3v) is 4.33. The van der Waals surface area contributed by atoms with E-state index in [9.17, 15) is 14.4 Å². The van der Waals surface area contributed by atoms with Gasteiger partial charge in [0.15, 0.2) is 0 Å². The summed E-state index contributed by atoms with van der Waals surface area (Å²) in [7, 11) is 1.58. The van der Waals surface area contributed by atoms with Gasteiger partial charge in [0.2, 0.25) is 0 Å². The van der Waals surface area contributed by atoms with Crippen molar-refractivity contribution in [2.24, 2.45) is 0 Å². The number of carbonyl (C=O) groups excluding carboxylic acids is 1. The first kappa shape index (κ1) is 17.9. The number of nitrogens with zero attached hydrogens (tertiary/aromatic N) is 1. The Balaban J connectivity index is 1.72. The highest BCUT2D eigenvalue weighted by Gasteiger charge is 2.20. The molecule has 0 aliphatic carbocycles. The highest BCUT2D eigenvalue weighted by atomic mass is 16.5. The summed E-state index contributed by atoms with van der Waals surface area (Å²) in [6, 6.07) is 7.22. The summed E-state index contributed by atoms with van der Waals surface area (Å²) in [6.07, 6.45) is 2.67. The fraction of sp³-hybridized carbons (Fsp3) is 0.389. The van der Waals surface area contributed by atoms with Gasteiger partial charge in [-0.3, -0.25) is 14.2 Å². The molecule has 1 atom stereocenters. The van der Waals surface area contributed by atoms with Crippen molar-refractivity contribution in [1.82, 2.24) is 14.9 Å². The van der Waals surface area contributed by atoms with Crippen LogP contribution in [0.5, 0.6) is 5.75 Å². The minimum Gasteiger partial charge on any atom is -0.497 e. The maximum Gasteiger partial charge on any atom is 0.328 e. The highest BCUT2D eigenvalue weighted by Crippen LogP contribution is 2.13. The molecule has 0 radical (unpaired) electrons. The van der Waals surface area contributed by atoms with E-state index in [0.717, 1.165) is 34.9 Å². The van der Waals surface area contributed by atoms with Gasteiger partial charge < -0.3 is 19.8 Å². The zero-order chi connectivity index (χ0) is 18.5. The Hall–Kier alpha value is -2.87. The standard InChI is InChI=1S/C18H21N3O5/c1-25-13-6-4-12(5-7-13)9-19-16(22)15-10-20-18(24)21(17(15)23)11-14-3-2-8-26-14/h4-7,10,14H,2-3,8-9,11H2,1H3,(H,19,22)(H,20,24). The van der Waals surface area contributed by atoms with Crippen molar-refractivity contribution < 1.29 is 14.3 Å². The van der Waals surface area contributed by atoms with Gasteiger partial charge in [-0.05, 0) is 30.5 Å². The number of nitrogens with one attached hydrogen (secondary N) is 2. The third kappa shape index (κ3) is 4.02. The van der Waals surface area contributed by atoms with Crippen LogP contribution in [0.25, 0.3) is 0 Å². The van der Waals surface area contributed by atoms with Gasteiger partial charge >= 0.3 is 5.69 Å². The summed E-state index contributed by atoms with van der Waals surface area (Å²) in [5.41, 5.74) is -0.395. The molecule has 0 spiro atoms. The Morgan fingerprint density at radius 3 is 2.77 bits per heavy atom. The van der Waals surface area contributed by atoms with Gasteiger partial charge in [0.05, 0.1) is 19.8 Å². The third-order valence-electron chi connectivity index (χ3n) is 4.33. The molecule has 8 heteroatoms. The van der Waals surface area contributed by atoms with Crippen LogP contribution in [-0.2, 0) is 17.8 Å². The van der Waals surface area contributed by atoms with E-state index >= 15 is 0 Å². The highest BCUT2D eigenvalue weighted by molar-refractivity contribution is 5.93. The van der Waals surface area contributed by atoms with Gasteiger partial charge in [-0.25, -0.2) is 4.79 Å². The summed E-state index contributed by atoms with van der Waals surface area (Å²) >= 11 is 0. The number of rotatable bonds is 6. The number of aromatic amines is 1. The second-order valence-corrected chi connectivity index (χ2v) is 6.09.